The second kappa shape index (κ2) is 8.21. The number of fused-ring (bicyclic) bond motifs is 3. The van der Waals surface area contributed by atoms with Gasteiger partial charge in [0.15, 0.2) is 0 Å². The Morgan fingerprint density at radius 2 is 1.79 bits per heavy atom. The van der Waals surface area contributed by atoms with Crippen LogP contribution in [0.15, 0.2) is 53.3 Å². The topological polar surface area (TPSA) is 47.4 Å². The molecule has 0 unspecified atom stereocenters. The van der Waals surface area contributed by atoms with Gasteiger partial charge < -0.3 is 9.64 Å². The van der Waals surface area contributed by atoms with Crippen molar-refractivity contribution < 1.29 is 4.74 Å². The van der Waals surface area contributed by atoms with Crippen LogP contribution >= 0.6 is 0 Å². The first-order valence-electron chi connectivity index (χ1n) is 10.1. The molecule has 0 atom stereocenters. The maximum Gasteiger partial charge on any atom is 0.271 e. The molecular weight excluding hydrogens is 362 g/mol. The van der Waals surface area contributed by atoms with Gasteiger partial charge in [0.25, 0.3) is 5.56 Å². The molecule has 0 aliphatic heterocycles. The minimum absolute atomic E-state index is 0.0906. The van der Waals surface area contributed by atoms with E-state index in [2.05, 4.69) is 31.1 Å². The summed E-state index contributed by atoms with van der Waals surface area (Å²) in [6.45, 7) is 3.71. The molecule has 0 saturated heterocycles. The first kappa shape index (κ1) is 19.4. The van der Waals surface area contributed by atoms with Crippen molar-refractivity contribution in [3.05, 3.63) is 75.6 Å². The number of benzene rings is 2. The van der Waals surface area contributed by atoms with Crippen molar-refractivity contribution in [2.45, 2.75) is 26.2 Å². The van der Waals surface area contributed by atoms with Crippen LogP contribution in [0.25, 0.3) is 16.9 Å². The van der Waals surface area contributed by atoms with Crippen LogP contribution < -0.4 is 10.3 Å². The predicted molar refractivity (Wildman–Crippen MR) is 116 cm³/mol. The van der Waals surface area contributed by atoms with Gasteiger partial charge in [0.2, 0.25) is 0 Å². The van der Waals surface area contributed by atoms with Crippen molar-refractivity contribution in [2.24, 2.45) is 0 Å². The number of rotatable bonds is 6. The normalized spacial score (nSPS) is 12.6. The van der Waals surface area contributed by atoms with Crippen molar-refractivity contribution in [1.82, 2.24) is 14.7 Å². The summed E-state index contributed by atoms with van der Waals surface area (Å²) in [5, 5.41) is 4.76. The standard InChI is InChI=1S/C24H27N3O2/c1-17-5-10-20(11-6-17)27-23(28)15-19-8-7-18-9-12-21(16-22(18)24(19)25-27)29-14-4-13-26(2)3/h5-6,9-12,15-16H,4,7-8,13-14H2,1-3H3. The van der Waals surface area contributed by atoms with E-state index in [0.717, 1.165) is 59.6 Å². The van der Waals surface area contributed by atoms with Crippen LogP contribution in [0, 0.1) is 6.92 Å². The summed E-state index contributed by atoms with van der Waals surface area (Å²) >= 11 is 0. The fraction of sp³-hybridized carbons (Fsp3) is 0.333. The molecule has 4 rings (SSSR count). The van der Waals surface area contributed by atoms with E-state index in [1.165, 1.54) is 10.2 Å². The minimum Gasteiger partial charge on any atom is -0.494 e. The van der Waals surface area contributed by atoms with Gasteiger partial charge in [0, 0.05) is 18.2 Å². The van der Waals surface area contributed by atoms with Gasteiger partial charge in [-0.1, -0.05) is 23.8 Å². The summed E-state index contributed by atoms with van der Waals surface area (Å²) in [7, 11) is 4.13. The smallest absolute Gasteiger partial charge is 0.271 e. The summed E-state index contributed by atoms with van der Waals surface area (Å²) in [5.74, 6) is 0.852. The van der Waals surface area contributed by atoms with Crippen LogP contribution in [0.1, 0.15) is 23.1 Å². The Hall–Kier alpha value is -2.92. The Bertz CT molecular complexity index is 1070. The zero-order chi connectivity index (χ0) is 20.4. The van der Waals surface area contributed by atoms with Gasteiger partial charge in [-0.25, -0.2) is 0 Å². The van der Waals surface area contributed by atoms with Crippen molar-refractivity contribution in [2.75, 3.05) is 27.2 Å². The summed E-state index contributed by atoms with van der Waals surface area (Å²) in [4.78, 5) is 14.8. The maximum absolute atomic E-state index is 12.7. The van der Waals surface area contributed by atoms with Crippen molar-refractivity contribution >= 4 is 0 Å². The van der Waals surface area contributed by atoms with Gasteiger partial charge in [-0.15, -0.1) is 0 Å². The Balaban J connectivity index is 1.67. The zero-order valence-electron chi connectivity index (χ0n) is 17.3. The van der Waals surface area contributed by atoms with E-state index in [-0.39, 0.29) is 5.56 Å². The molecule has 0 spiro atoms. The van der Waals surface area contributed by atoms with E-state index >= 15 is 0 Å². The van der Waals surface area contributed by atoms with Crippen LogP contribution in [0.3, 0.4) is 0 Å². The molecule has 3 aromatic rings. The molecule has 0 radical (unpaired) electrons. The summed E-state index contributed by atoms with van der Waals surface area (Å²) < 4.78 is 7.46. The first-order valence-corrected chi connectivity index (χ1v) is 10.1. The molecule has 5 nitrogen and oxygen atoms in total. The van der Waals surface area contributed by atoms with Crippen LogP contribution in [0.2, 0.25) is 0 Å². The molecule has 0 saturated carbocycles. The van der Waals surface area contributed by atoms with Gasteiger partial charge in [0.1, 0.15) is 5.75 Å². The monoisotopic (exact) mass is 389 g/mol. The summed E-state index contributed by atoms with van der Waals surface area (Å²) in [6.07, 6.45) is 2.73. The van der Waals surface area contributed by atoms with Gasteiger partial charge in [-0.05, 0) is 75.7 Å². The summed E-state index contributed by atoms with van der Waals surface area (Å²) in [5.41, 5.74) is 6.05. The highest BCUT2D eigenvalue weighted by Crippen LogP contribution is 2.34. The number of hydrogen-bond acceptors (Lipinski definition) is 4. The van der Waals surface area contributed by atoms with Crippen LogP contribution in [-0.4, -0.2) is 41.9 Å². The second-order valence-electron chi connectivity index (χ2n) is 7.93. The lowest BCUT2D eigenvalue weighted by molar-refractivity contribution is 0.281. The van der Waals surface area contributed by atoms with E-state index < -0.39 is 0 Å². The quantitative estimate of drug-likeness (QED) is 0.604. The van der Waals surface area contributed by atoms with Gasteiger partial charge in [0.05, 0.1) is 18.0 Å². The van der Waals surface area contributed by atoms with E-state index in [0.29, 0.717) is 6.61 Å². The Kier molecular flexibility index (Phi) is 5.49. The highest BCUT2D eigenvalue weighted by Gasteiger charge is 2.20. The number of nitrogens with zero attached hydrogens (tertiary/aromatic N) is 3. The van der Waals surface area contributed by atoms with Crippen molar-refractivity contribution in [3.63, 3.8) is 0 Å². The average Bonchev–Trinajstić information content (AvgIpc) is 2.71. The van der Waals surface area contributed by atoms with Crippen molar-refractivity contribution in [3.8, 4) is 22.7 Å². The highest BCUT2D eigenvalue weighted by atomic mass is 16.5. The third-order valence-electron chi connectivity index (χ3n) is 5.31. The molecule has 2 aromatic carbocycles. The fourth-order valence-corrected chi connectivity index (χ4v) is 3.70. The summed E-state index contributed by atoms with van der Waals surface area (Å²) in [6, 6.07) is 15.8. The van der Waals surface area contributed by atoms with Crippen LogP contribution in [0.5, 0.6) is 5.75 Å². The number of hydrogen-bond donors (Lipinski definition) is 0. The van der Waals surface area contributed by atoms with E-state index in [1.54, 1.807) is 6.07 Å². The zero-order valence-corrected chi connectivity index (χ0v) is 17.3. The number of aryl methyl sites for hydroxylation is 3. The highest BCUT2D eigenvalue weighted by molar-refractivity contribution is 5.70. The second-order valence-corrected chi connectivity index (χ2v) is 7.93. The molecule has 1 aliphatic rings. The van der Waals surface area contributed by atoms with Crippen LogP contribution in [0.4, 0.5) is 0 Å². The maximum atomic E-state index is 12.7. The average molecular weight is 389 g/mol. The molecule has 1 aromatic heterocycles. The molecule has 0 N–H and O–H groups in total. The Labute approximate surface area is 171 Å². The minimum atomic E-state index is -0.0906. The Morgan fingerprint density at radius 3 is 2.55 bits per heavy atom. The molecule has 0 bridgehead atoms. The fourth-order valence-electron chi connectivity index (χ4n) is 3.70. The van der Waals surface area contributed by atoms with E-state index in [4.69, 9.17) is 9.84 Å². The molecule has 5 heteroatoms. The SMILES string of the molecule is Cc1ccc(-n2nc3c(cc2=O)CCc2ccc(OCCCN(C)C)cc2-3)cc1. The molecule has 150 valence electrons. The third-order valence-corrected chi connectivity index (χ3v) is 5.31. The first-order chi connectivity index (χ1) is 14.0. The van der Waals surface area contributed by atoms with Gasteiger partial charge >= 0.3 is 0 Å². The van der Waals surface area contributed by atoms with E-state index in [1.807, 2.05) is 37.3 Å². The van der Waals surface area contributed by atoms with Crippen molar-refractivity contribution in [1.29, 1.82) is 0 Å². The molecule has 1 aliphatic carbocycles. The molecule has 0 fully saturated rings. The molecule has 1 heterocycles. The van der Waals surface area contributed by atoms with Crippen LogP contribution in [-0.2, 0) is 12.8 Å². The number of ether oxygens (including phenoxy) is 1. The third kappa shape index (κ3) is 4.25. The number of aromatic nitrogens is 2. The Morgan fingerprint density at radius 1 is 1.03 bits per heavy atom. The largest absolute Gasteiger partial charge is 0.494 e. The lowest BCUT2D eigenvalue weighted by atomic mass is 9.89. The molecular formula is C24H27N3O2. The molecule has 29 heavy (non-hydrogen) atoms. The van der Waals surface area contributed by atoms with Gasteiger partial charge in [-0.2, -0.15) is 9.78 Å². The van der Waals surface area contributed by atoms with E-state index in [9.17, 15) is 4.79 Å². The lowest BCUT2D eigenvalue weighted by Crippen LogP contribution is -2.24. The predicted octanol–water partition coefficient (Wildman–Crippen LogP) is 3.64. The lowest BCUT2D eigenvalue weighted by Gasteiger charge is -2.21. The molecule has 0 amide bonds. The van der Waals surface area contributed by atoms with Gasteiger partial charge in [-0.3, -0.25) is 4.79 Å².